The highest BCUT2D eigenvalue weighted by Gasteiger charge is 2.13. The molecule has 1 rings (SSSR count). The molecule has 0 aliphatic heterocycles. The molecule has 1 aromatic carbocycles. The van der Waals surface area contributed by atoms with Gasteiger partial charge in [0, 0.05) is 22.6 Å². The first kappa shape index (κ1) is 20.2. The summed E-state index contributed by atoms with van der Waals surface area (Å²) in [6.45, 7) is 5.71. The minimum Gasteiger partial charge on any atom is -0.456 e. The van der Waals surface area contributed by atoms with E-state index >= 15 is 0 Å². The van der Waals surface area contributed by atoms with Crippen LogP contribution in [0.4, 0.5) is 0 Å². The zero-order chi connectivity index (χ0) is 18.1. The average molecular weight is 399 g/mol. The highest BCUT2D eigenvalue weighted by molar-refractivity contribution is 9.10. The number of amides is 2. The predicted octanol–water partition coefficient (Wildman–Crippen LogP) is 2.27. The number of benzene rings is 1. The normalized spacial score (nSPS) is 11.7. The minimum absolute atomic E-state index is 0.00921. The van der Waals surface area contributed by atoms with E-state index < -0.39 is 5.97 Å². The third kappa shape index (κ3) is 7.59. The average Bonchev–Trinajstić information content (AvgIpc) is 2.53. The number of esters is 1. The molecular formula is C17H23BrN2O4. The van der Waals surface area contributed by atoms with E-state index in [1.807, 2.05) is 20.8 Å². The van der Waals surface area contributed by atoms with Crippen molar-refractivity contribution in [2.24, 2.45) is 5.92 Å². The topological polar surface area (TPSA) is 84.5 Å². The zero-order valence-electron chi connectivity index (χ0n) is 14.1. The fourth-order valence-electron chi connectivity index (χ4n) is 1.66. The van der Waals surface area contributed by atoms with E-state index in [2.05, 4.69) is 26.6 Å². The van der Waals surface area contributed by atoms with Crippen molar-refractivity contribution < 1.29 is 19.1 Å². The van der Waals surface area contributed by atoms with Gasteiger partial charge in [0.15, 0.2) is 6.61 Å². The monoisotopic (exact) mass is 398 g/mol. The van der Waals surface area contributed by atoms with Gasteiger partial charge in [0.25, 0.3) is 11.8 Å². The molecule has 24 heavy (non-hydrogen) atoms. The second-order valence-electron chi connectivity index (χ2n) is 5.77. The maximum Gasteiger partial charge on any atom is 0.308 e. The minimum atomic E-state index is -0.529. The molecule has 0 spiro atoms. The van der Waals surface area contributed by atoms with Crippen molar-refractivity contribution in [3.05, 3.63) is 34.3 Å². The van der Waals surface area contributed by atoms with Crippen LogP contribution in [0.25, 0.3) is 0 Å². The van der Waals surface area contributed by atoms with Gasteiger partial charge < -0.3 is 15.4 Å². The van der Waals surface area contributed by atoms with Gasteiger partial charge in [-0.25, -0.2) is 0 Å². The molecule has 6 nitrogen and oxygen atoms in total. The lowest BCUT2D eigenvalue weighted by Gasteiger charge is -2.17. The van der Waals surface area contributed by atoms with Crippen molar-refractivity contribution in [3.8, 4) is 0 Å². The molecular weight excluding hydrogens is 376 g/mol. The van der Waals surface area contributed by atoms with Crippen LogP contribution in [0.2, 0.25) is 0 Å². The second kappa shape index (κ2) is 10.1. The smallest absolute Gasteiger partial charge is 0.308 e. The van der Waals surface area contributed by atoms with Crippen LogP contribution in [0.5, 0.6) is 0 Å². The number of hydrogen-bond acceptors (Lipinski definition) is 4. The molecule has 2 N–H and O–H groups in total. The Kier molecular flexibility index (Phi) is 8.46. The number of rotatable bonds is 8. The molecule has 0 radical (unpaired) electrons. The van der Waals surface area contributed by atoms with Gasteiger partial charge in [-0.2, -0.15) is 0 Å². The number of carbonyl (C=O) groups is 3. The molecule has 7 heteroatoms. The summed E-state index contributed by atoms with van der Waals surface area (Å²) in [7, 11) is 0. The van der Waals surface area contributed by atoms with Gasteiger partial charge in [-0.15, -0.1) is 0 Å². The van der Waals surface area contributed by atoms with Gasteiger partial charge in [0.05, 0.1) is 6.42 Å². The highest BCUT2D eigenvalue weighted by Crippen LogP contribution is 2.10. The highest BCUT2D eigenvalue weighted by atomic mass is 79.9. The van der Waals surface area contributed by atoms with Crippen LogP contribution >= 0.6 is 15.9 Å². The van der Waals surface area contributed by atoms with E-state index in [0.29, 0.717) is 11.5 Å². The van der Waals surface area contributed by atoms with Crippen molar-refractivity contribution in [2.45, 2.75) is 33.2 Å². The van der Waals surface area contributed by atoms with Crippen LogP contribution in [-0.4, -0.2) is 37.0 Å². The lowest BCUT2D eigenvalue weighted by atomic mass is 10.1. The van der Waals surface area contributed by atoms with E-state index in [4.69, 9.17) is 4.74 Å². The number of ether oxygens (including phenoxy) is 1. The molecule has 1 aromatic rings. The van der Waals surface area contributed by atoms with E-state index in [1.54, 1.807) is 24.3 Å². The van der Waals surface area contributed by atoms with Gasteiger partial charge in [-0.3, -0.25) is 14.4 Å². The fourth-order valence-corrected chi connectivity index (χ4v) is 1.93. The summed E-state index contributed by atoms with van der Waals surface area (Å²) in [5.41, 5.74) is 0.508. The lowest BCUT2D eigenvalue weighted by Crippen LogP contribution is -2.38. The standard InChI is InChI=1S/C17H23BrN2O4/c1-11(2)12(3)20-15(21)10-24-16(22)8-9-19-17(23)13-4-6-14(18)7-5-13/h4-7,11-12H,8-10H2,1-3H3,(H,19,23)(H,20,21)/t12-/m1/s1. The van der Waals surface area contributed by atoms with Crippen LogP contribution < -0.4 is 10.6 Å². The molecule has 0 heterocycles. The first-order chi connectivity index (χ1) is 11.3. The number of nitrogens with one attached hydrogen (secondary N) is 2. The van der Waals surface area contributed by atoms with E-state index in [9.17, 15) is 14.4 Å². The van der Waals surface area contributed by atoms with Crippen LogP contribution in [0.15, 0.2) is 28.7 Å². The lowest BCUT2D eigenvalue weighted by molar-refractivity contribution is -0.148. The van der Waals surface area contributed by atoms with Crippen LogP contribution in [0.1, 0.15) is 37.6 Å². The van der Waals surface area contributed by atoms with Crippen molar-refractivity contribution in [2.75, 3.05) is 13.2 Å². The Hall–Kier alpha value is -1.89. The van der Waals surface area contributed by atoms with Crippen LogP contribution in [0, 0.1) is 5.92 Å². The Morgan fingerprint density at radius 3 is 2.33 bits per heavy atom. The molecule has 0 saturated heterocycles. The third-order valence-electron chi connectivity index (χ3n) is 3.47. The van der Waals surface area contributed by atoms with Crippen molar-refractivity contribution in [1.29, 1.82) is 0 Å². The Morgan fingerprint density at radius 2 is 1.75 bits per heavy atom. The maximum absolute atomic E-state index is 11.8. The SMILES string of the molecule is CC(C)[C@@H](C)NC(=O)COC(=O)CCNC(=O)c1ccc(Br)cc1. The number of carbonyl (C=O) groups excluding carboxylic acids is 3. The first-order valence-electron chi connectivity index (χ1n) is 7.78. The fraction of sp³-hybridized carbons (Fsp3) is 0.471. The predicted molar refractivity (Wildman–Crippen MR) is 94.5 cm³/mol. The quantitative estimate of drug-likeness (QED) is 0.657. The van der Waals surface area contributed by atoms with Gasteiger partial charge in [0.1, 0.15) is 0 Å². The van der Waals surface area contributed by atoms with Crippen LogP contribution in [-0.2, 0) is 14.3 Å². The summed E-state index contributed by atoms with van der Waals surface area (Å²) >= 11 is 3.29. The molecule has 0 bridgehead atoms. The summed E-state index contributed by atoms with van der Waals surface area (Å²) < 4.78 is 5.76. The van der Waals surface area contributed by atoms with Gasteiger partial charge in [-0.1, -0.05) is 29.8 Å². The summed E-state index contributed by atoms with van der Waals surface area (Å²) in [6, 6.07) is 6.90. The van der Waals surface area contributed by atoms with Gasteiger partial charge in [-0.05, 0) is 37.1 Å². The molecule has 132 valence electrons. The van der Waals surface area contributed by atoms with Gasteiger partial charge in [0.2, 0.25) is 0 Å². The number of halogens is 1. The third-order valence-corrected chi connectivity index (χ3v) is 4.00. The molecule has 1 atom stereocenters. The zero-order valence-corrected chi connectivity index (χ0v) is 15.7. The van der Waals surface area contributed by atoms with Gasteiger partial charge >= 0.3 is 5.97 Å². The maximum atomic E-state index is 11.8. The molecule has 0 aliphatic rings. The van der Waals surface area contributed by atoms with Crippen LogP contribution in [0.3, 0.4) is 0 Å². The molecule has 0 aromatic heterocycles. The largest absolute Gasteiger partial charge is 0.456 e. The second-order valence-corrected chi connectivity index (χ2v) is 6.69. The summed E-state index contributed by atoms with van der Waals surface area (Å²) in [5, 5.41) is 5.37. The summed E-state index contributed by atoms with van der Waals surface area (Å²) in [6.07, 6.45) is 0.00921. The molecule has 0 saturated carbocycles. The Bertz CT molecular complexity index is 572. The van der Waals surface area contributed by atoms with E-state index in [-0.39, 0.29) is 37.4 Å². The van der Waals surface area contributed by atoms with Crippen molar-refractivity contribution >= 4 is 33.7 Å². The summed E-state index contributed by atoms with van der Waals surface area (Å²) in [4.78, 5) is 35.0. The first-order valence-corrected chi connectivity index (χ1v) is 8.57. The molecule has 0 aliphatic carbocycles. The van der Waals surface area contributed by atoms with E-state index in [0.717, 1.165) is 4.47 Å². The molecule has 0 fully saturated rings. The van der Waals surface area contributed by atoms with Crippen molar-refractivity contribution in [1.82, 2.24) is 10.6 Å². The molecule has 0 unspecified atom stereocenters. The summed E-state index contributed by atoms with van der Waals surface area (Å²) in [5.74, 6) is -0.820. The van der Waals surface area contributed by atoms with E-state index in [1.165, 1.54) is 0 Å². The number of hydrogen-bond donors (Lipinski definition) is 2. The Morgan fingerprint density at radius 1 is 1.12 bits per heavy atom. The van der Waals surface area contributed by atoms with Crippen molar-refractivity contribution in [3.63, 3.8) is 0 Å². The Labute approximate surface area is 150 Å². The molecule has 2 amide bonds. The Balaban J connectivity index is 2.23.